The van der Waals surface area contributed by atoms with E-state index in [2.05, 4.69) is 20.0 Å². The van der Waals surface area contributed by atoms with Gasteiger partial charge in [0, 0.05) is 17.4 Å². The first-order valence-corrected chi connectivity index (χ1v) is 8.14. The van der Waals surface area contributed by atoms with Crippen LogP contribution in [0.15, 0.2) is 35.2 Å². The number of aryl methyl sites for hydroxylation is 2. The lowest BCUT2D eigenvalue weighted by molar-refractivity contribution is -0.118. The predicted octanol–water partition coefficient (Wildman–Crippen LogP) is 0.825. The average Bonchev–Trinajstić information content (AvgIpc) is 2.46. The van der Waals surface area contributed by atoms with Crippen molar-refractivity contribution < 1.29 is 18.3 Å². The van der Waals surface area contributed by atoms with E-state index in [1.807, 2.05) is 0 Å². The number of rotatable bonds is 5. The lowest BCUT2D eigenvalue weighted by atomic mass is 10.3. The Morgan fingerprint density at radius 2 is 1.83 bits per heavy atom. The van der Waals surface area contributed by atoms with E-state index < -0.39 is 22.5 Å². The normalized spacial score (nSPS) is 11.1. The van der Waals surface area contributed by atoms with Crippen LogP contribution in [0.25, 0.3) is 0 Å². The summed E-state index contributed by atoms with van der Waals surface area (Å²) in [7, 11) is -3.80. The molecule has 0 bridgehead atoms. The van der Waals surface area contributed by atoms with Crippen LogP contribution in [0.4, 0.5) is 11.5 Å². The van der Waals surface area contributed by atoms with E-state index in [4.69, 9.17) is 5.11 Å². The van der Waals surface area contributed by atoms with Gasteiger partial charge in [-0.25, -0.2) is 18.4 Å². The Balaban J connectivity index is 2.20. The number of hydrogen-bond donors (Lipinski definition) is 3. The van der Waals surface area contributed by atoms with Crippen molar-refractivity contribution in [2.45, 2.75) is 18.7 Å². The molecule has 0 aliphatic heterocycles. The Hall–Kier alpha value is -2.52. The second-order valence-corrected chi connectivity index (χ2v) is 6.46. The van der Waals surface area contributed by atoms with Crippen LogP contribution in [0.5, 0.6) is 0 Å². The fourth-order valence-electron chi connectivity index (χ4n) is 1.88. The minimum atomic E-state index is -3.80. The van der Waals surface area contributed by atoms with E-state index in [1.165, 1.54) is 30.3 Å². The van der Waals surface area contributed by atoms with Gasteiger partial charge in [0.2, 0.25) is 5.91 Å². The molecular weight excluding hydrogens is 320 g/mol. The minimum absolute atomic E-state index is 0.0217. The summed E-state index contributed by atoms with van der Waals surface area (Å²) in [5, 5.41) is 11.1. The molecule has 3 N–H and O–H groups in total. The molecule has 0 fully saturated rings. The molecule has 9 heteroatoms. The number of carbonyl (C=O) groups is 1. The van der Waals surface area contributed by atoms with E-state index in [9.17, 15) is 13.2 Å². The molecule has 2 aromatic rings. The number of hydrogen-bond acceptors (Lipinski definition) is 6. The summed E-state index contributed by atoms with van der Waals surface area (Å²) in [6.45, 7) is 2.77. The molecule has 8 nitrogen and oxygen atoms in total. The molecule has 1 aromatic heterocycles. The zero-order valence-electron chi connectivity index (χ0n) is 12.6. The van der Waals surface area contributed by atoms with Crippen LogP contribution in [0, 0.1) is 13.8 Å². The average molecular weight is 336 g/mol. The molecule has 0 saturated heterocycles. The van der Waals surface area contributed by atoms with Gasteiger partial charge in [0.15, 0.2) is 0 Å². The monoisotopic (exact) mass is 336 g/mol. The molecule has 1 amide bonds. The maximum absolute atomic E-state index is 12.3. The largest absolute Gasteiger partial charge is 0.387 e. The third-order valence-electron chi connectivity index (χ3n) is 2.80. The zero-order chi connectivity index (χ0) is 17.0. The van der Waals surface area contributed by atoms with Crippen molar-refractivity contribution in [3.05, 3.63) is 41.9 Å². The van der Waals surface area contributed by atoms with E-state index in [-0.39, 0.29) is 10.7 Å². The standard InChI is InChI=1S/C14H16N4O4S/c1-9-7-13(16-10(2)15-9)18-23(21,22)12-5-3-11(4-6-12)17-14(20)8-19/h3-7,19H,8H2,1-2H3,(H,17,20)(H,15,16,18). The van der Waals surface area contributed by atoms with Crippen molar-refractivity contribution in [1.29, 1.82) is 0 Å². The Morgan fingerprint density at radius 3 is 2.39 bits per heavy atom. The molecule has 1 heterocycles. The molecule has 0 aliphatic rings. The van der Waals surface area contributed by atoms with E-state index in [1.54, 1.807) is 13.8 Å². The lowest BCUT2D eigenvalue weighted by Crippen LogP contribution is -2.16. The number of benzene rings is 1. The van der Waals surface area contributed by atoms with E-state index in [0.29, 0.717) is 17.2 Å². The predicted molar refractivity (Wildman–Crippen MR) is 84.5 cm³/mol. The van der Waals surface area contributed by atoms with Gasteiger partial charge < -0.3 is 10.4 Å². The molecule has 0 saturated carbocycles. The maximum atomic E-state index is 12.3. The highest BCUT2D eigenvalue weighted by atomic mass is 32.2. The summed E-state index contributed by atoms with van der Waals surface area (Å²) in [6.07, 6.45) is 0. The number of aliphatic hydroxyl groups is 1. The van der Waals surface area contributed by atoms with Gasteiger partial charge in [0.25, 0.3) is 10.0 Å². The number of amides is 1. The number of nitrogens with zero attached hydrogens (tertiary/aromatic N) is 2. The van der Waals surface area contributed by atoms with Crippen LogP contribution >= 0.6 is 0 Å². The molecule has 2 rings (SSSR count). The summed E-state index contributed by atoms with van der Waals surface area (Å²) in [6, 6.07) is 7.07. The second kappa shape index (κ2) is 6.71. The quantitative estimate of drug-likeness (QED) is 0.743. The van der Waals surface area contributed by atoms with Crippen LogP contribution < -0.4 is 10.0 Å². The van der Waals surface area contributed by atoms with Gasteiger partial charge in [-0.3, -0.25) is 9.52 Å². The second-order valence-electron chi connectivity index (χ2n) is 4.78. The van der Waals surface area contributed by atoms with Crippen molar-refractivity contribution in [3.63, 3.8) is 0 Å². The van der Waals surface area contributed by atoms with E-state index in [0.717, 1.165) is 0 Å². The lowest BCUT2D eigenvalue weighted by Gasteiger charge is -2.09. The van der Waals surface area contributed by atoms with Gasteiger partial charge in [0.1, 0.15) is 18.2 Å². The highest BCUT2D eigenvalue weighted by Gasteiger charge is 2.15. The van der Waals surface area contributed by atoms with Gasteiger partial charge in [-0.05, 0) is 38.1 Å². The Labute approximate surface area is 133 Å². The smallest absolute Gasteiger partial charge is 0.263 e. The molecule has 0 atom stereocenters. The van der Waals surface area contributed by atoms with Gasteiger partial charge >= 0.3 is 0 Å². The number of carbonyl (C=O) groups excluding carboxylic acids is 1. The summed E-state index contributed by atoms with van der Waals surface area (Å²) >= 11 is 0. The first kappa shape index (κ1) is 16.8. The molecule has 0 unspecified atom stereocenters. The Morgan fingerprint density at radius 1 is 1.17 bits per heavy atom. The topological polar surface area (TPSA) is 121 Å². The highest BCUT2D eigenvalue weighted by Crippen LogP contribution is 2.17. The highest BCUT2D eigenvalue weighted by molar-refractivity contribution is 7.92. The fraction of sp³-hybridized carbons (Fsp3) is 0.214. The summed E-state index contributed by atoms with van der Waals surface area (Å²) in [5.74, 6) is 0.0723. The van der Waals surface area contributed by atoms with Crippen LogP contribution in [-0.2, 0) is 14.8 Å². The Kier molecular flexibility index (Phi) is 4.92. The van der Waals surface area contributed by atoms with Crippen LogP contribution in [0.2, 0.25) is 0 Å². The first-order valence-electron chi connectivity index (χ1n) is 6.66. The fourth-order valence-corrected chi connectivity index (χ4v) is 2.88. The number of nitrogens with one attached hydrogen (secondary N) is 2. The molecule has 0 aliphatic carbocycles. The third kappa shape index (κ3) is 4.47. The molecule has 122 valence electrons. The number of anilines is 2. The number of sulfonamides is 1. The summed E-state index contributed by atoms with van der Waals surface area (Å²) in [4.78, 5) is 19.2. The molecule has 0 spiro atoms. The SMILES string of the molecule is Cc1cc(NS(=O)(=O)c2ccc(NC(=O)CO)cc2)nc(C)n1. The molecule has 23 heavy (non-hydrogen) atoms. The minimum Gasteiger partial charge on any atom is -0.387 e. The van der Waals surface area contributed by atoms with E-state index >= 15 is 0 Å². The number of aliphatic hydroxyl groups excluding tert-OH is 1. The third-order valence-corrected chi connectivity index (χ3v) is 4.17. The molecular formula is C14H16N4O4S. The van der Waals surface area contributed by atoms with Gasteiger partial charge in [-0.15, -0.1) is 0 Å². The van der Waals surface area contributed by atoms with Crippen molar-refractivity contribution in [2.75, 3.05) is 16.6 Å². The van der Waals surface area contributed by atoms with Crippen molar-refractivity contribution >= 4 is 27.4 Å². The molecule has 0 radical (unpaired) electrons. The van der Waals surface area contributed by atoms with Crippen molar-refractivity contribution in [1.82, 2.24) is 9.97 Å². The van der Waals surface area contributed by atoms with Crippen molar-refractivity contribution in [3.8, 4) is 0 Å². The van der Waals surface area contributed by atoms with Crippen LogP contribution in [0.3, 0.4) is 0 Å². The number of aromatic nitrogens is 2. The van der Waals surface area contributed by atoms with Crippen LogP contribution in [0.1, 0.15) is 11.5 Å². The maximum Gasteiger partial charge on any atom is 0.263 e. The van der Waals surface area contributed by atoms with Crippen LogP contribution in [-0.4, -0.2) is 36.0 Å². The summed E-state index contributed by atoms with van der Waals surface area (Å²) in [5.41, 5.74) is 1.04. The van der Waals surface area contributed by atoms with Crippen molar-refractivity contribution in [2.24, 2.45) is 0 Å². The van der Waals surface area contributed by atoms with Gasteiger partial charge in [0.05, 0.1) is 4.90 Å². The van der Waals surface area contributed by atoms with Gasteiger partial charge in [-0.2, -0.15) is 0 Å². The summed E-state index contributed by atoms with van der Waals surface area (Å²) < 4.78 is 27.0. The first-order chi connectivity index (χ1) is 10.8. The molecule has 1 aromatic carbocycles. The Bertz CT molecular complexity index is 799. The zero-order valence-corrected chi connectivity index (χ0v) is 13.4. The van der Waals surface area contributed by atoms with Gasteiger partial charge in [-0.1, -0.05) is 0 Å².